The summed E-state index contributed by atoms with van der Waals surface area (Å²) in [5.74, 6) is 0.243. The van der Waals surface area contributed by atoms with E-state index in [9.17, 15) is 0 Å². The molecule has 4 aromatic carbocycles. The highest BCUT2D eigenvalue weighted by Crippen LogP contribution is 2.66. The van der Waals surface area contributed by atoms with E-state index < -0.39 is 18.3 Å². The van der Waals surface area contributed by atoms with Gasteiger partial charge in [0.15, 0.2) is 0 Å². The molecule has 1 fully saturated rings. The van der Waals surface area contributed by atoms with Crippen LogP contribution in [0, 0.1) is 5.92 Å². The summed E-state index contributed by atoms with van der Waals surface area (Å²) in [6, 6.07) is 28.7. The van der Waals surface area contributed by atoms with Gasteiger partial charge < -0.3 is 13.7 Å². The Morgan fingerprint density at radius 3 is 2.34 bits per heavy atom. The Kier molecular flexibility index (Phi) is 4.47. The number of allylic oxidation sites excluding steroid dienone is 4. The Balaban J connectivity index is 1.42. The van der Waals surface area contributed by atoms with Crippen LogP contribution in [0.25, 0.3) is 38.6 Å². The van der Waals surface area contributed by atoms with E-state index in [1.165, 1.54) is 49.7 Å². The summed E-state index contributed by atoms with van der Waals surface area (Å²) in [5.41, 5.74) is 11.2. The van der Waals surface area contributed by atoms with E-state index in [2.05, 4.69) is 125 Å². The van der Waals surface area contributed by atoms with Crippen molar-refractivity contribution in [3.8, 4) is 11.1 Å². The maximum Gasteiger partial charge on any atom is 0.495 e. The van der Waals surface area contributed by atoms with Crippen molar-refractivity contribution in [2.24, 2.45) is 5.92 Å². The van der Waals surface area contributed by atoms with Gasteiger partial charge in [-0.2, -0.15) is 0 Å². The van der Waals surface area contributed by atoms with Crippen molar-refractivity contribution in [2.45, 2.75) is 50.7 Å². The quantitative estimate of drug-likeness (QED) is 0.203. The van der Waals surface area contributed by atoms with Gasteiger partial charge in [-0.3, -0.25) is 0 Å². The summed E-state index contributed by atoms with van der Waals surface area (Å²) in [6.45, 7) is 8.55. The van der Waals surface area contributed by atoms with Crippen LogP contribution in [0.15, 0.2) is 102 Å². The summed E-state index contributed by atoms with van der Waals surface area (Å²) >= 11 is 0. The highest BCUT2D eigenvalue weighted by molar-refractivity contribution is 6.63. The number of fused-ring (bicyclic) bond motifs is 14. The molecule has 2 heterocycles. The van der Waals surface area contributed by atoms with Gasteiger partial charge in [0.2, 0.25) is 0 Å². The molecule has 1 saturated heterocycles. The molecular weight excluding hydrogens is 503 g/mol. The van der Waals surface area contributed by atoms with Crippen molar-refractivity contribution in [1.82, 2.24) is 0 Å². The molecule has 5 aromatic rings. The third-order valence-corrected chi connectivity index (χ3v) is 10.6. The molecule has 41 heavy (non-hydrogen) atoms. The minimum atomic E-state index is -0.449. The molecule has 200 valence electrons. The van der Waals surface area contributed by atoms with E-state index in [0.29, 0.717) is 0 Å². The molecule has 4 heteroatoms. The van der Waals surface area contributed by atoms with Crippen molar-refractivity contribution >= 4 is 40.1 Å². The molecule has 9 rings (SSSR count). The third kappa shape index (κ3) is 2.78. The van der Waals surface area contributed by atoms with Crippen LogP contribution >= 0.6 is 0 Å². The van der Waals surface area contributed by atoms with Crippen molar-refractivity contribution in [2.75, 3.05) is 0 Å². The predicted octanol–water partition coefficient (Wildman–Crippen LogP) is 8.17. The van der Waals surface area contributed by atoms with Gasteiger partial charge in [0, 0.05) is 16.7 Å². The lowest BCUT2D eigenvalue weighted by Gasteiger charge is -2.37. The molecule has 1 aliphatic heterocycles. The van der Waals surface area contributed by atoms with Crippen LogP contribution in [-0.4, -0.2) is 18.3 Å². The lowest BCUT2D eigenvalue weighted by atomic mass is 9.60. The van der Waals surface area contributed by atoms with Crippen LogP contribution in [0.1, 0.15) is 56.4 Å². The lowest BCUT2D eigenvalue weighted by Crippen LogP contribution is -2.44. The Labute approximate surface area is 240 Å². The summed E-state index contributed by atoms with van der Waals surface area (Å²) in [6.07, 6.45) is 7.88. The zero-order valence-electron chi connectivity index (χ0n) is 23.8. The summed E-state index contributed by atoms with van der Waals surface area (Å²) < 4.78 is 19.9. The Hall–Kier alpha value is -3.86. The normalized spacial score (nSPS) is 24.5. The van der Waals surface area contributed by atoms with Gasteiger partial charge in [0.05, 0.1) is 16.6 Å². The molecule has 0 radical (unpaired) electrons. The Morgan fingerprint density at radius 2 is 1.49 bits per heavy atom. The number of hydrogen-bond acceptors (Lipinski definition) is 3. The number of benzene rings is 4. The monoisotopic (exact) mass is 534 g/mol. The minimum Gasteiger partial charge on any atom is -0.456 e. The topological polar surface area (TPSA) is 31.6 Å². The average molecular weight is 534 g/mol. The smallest absolute Gasteiger partial charge is 0.456 e. The molecular formula is C37H31BO3. The first-order valence-corrected chi connectivity index (χ1v) is 14.7. The average Bonchev–Trinajstić information content (AvgIpc) is 3.65. The Bertz CT molecular complexity index is 1990. The maximum absolute atomic E-state index is 6.75. The van der Waals surface area contributed by atoms with Gasteiger partial charge in [-0.1, -0.05) is 85.0 Å². The van der Waals surface area contributed by atoms with Gasteiger partial charge in [-0.15, -0.1) is 0 Å². The van der Waals surface area contributed by atoms with E-state index in [1.807, 2.05) is 0 Å². The first kappa shape index (κ1) is 23.8. The standard InChI is InChI=1S/C37H31BO3/c1-35(2)36(3,4)41-38(40-35)29-18-11-15-23-22-12-5-8-16-26(22)37(34(23)29)27-17-9-6-13-24(27)32-28(37)20-21-31-33(32)25-14-7-10-19-30(25)39-31/h5-16,18-21,27H,17H2,1-4H3. The van der Waals surface area contributed by atoms with Crippen LogP contribution in [-0.2, 0) is 14.7 Å². The highest BCUT2D eigenvalue weighted by Gasteiger charge is 2.60. The molecule has 1 spiro atoms. The molecule has 2 atom stereocenters. The van der Waals surface area contributed by atoms with Gasteiger partial charge in [0.1, 0.15) is 11.2 Å². The zero-order chi connectivity index (χ0) is 27.7. The number of furan rings is 1. The van der Waals surface area contributed by atoms with Gasteiger partial charge >= 0.3 is 7.12 Å². The second kappa shape index (κ2) is 7.70. The molecule has 0 saturated carbocycles. The van der Waals surface area contributed by atoms with E-state index in [1.54, 1.807) is 0 Å². The SMILES string of the molecule is CC1(C)OB(c2cccc3c2C2(c4ccccc4-3)c3ccc4oc5ccccc5c4c3C3=CC=CCC32)OC1(C)C. The zero-order valence-corrected chi connectivity index (χ0v) is 23.8. The van der Waals surface area contributed by atoms with Crippen molar-refractivity contribution < 1.29 is 13.7 Å². The fourth-order valence-electron chi connectivity index (χ4n) is 8.17. The first-order valence-electron chi connectivity index (χ1n) is 14.7. The van der Waals surface area contributed by atoms with E-state index >= 15 is 0 Å². The molecule has 2 unspecified atom stereocenters. The molecule has 3 nitrogen and oxygen atoms in total. The third-order valence-electron chi connectivity index (χ3n) is 10.6. The molecule has 1 aromatic heterocycles. The van der Waals surface area contributed by atoms with Gasteiger partial charge in [-0.25, -0.2) is 0 Å². The summed E-state index contributed by atoms with van der Waals surface area (Å²) in [4.78, 5) is 0. The van der Waals surface area contributed by atoms with Gasteiger partial charge in [-0.05, 0) is 90.7 Å². The van der Waals surface area contributed by atoms with Crippen LogP contribution in [0.2, 0.25) is 0 Å². The maximum atomic E-state index is 6.75. The molecule has 3 aliphatic carbocycles. The van der Waals surface area contributed by atoms with E-state index in [-0.39, 0.29) is 11.3 Å². The summed E-state index contributed by atoms with van der Waals surface area (Å²) in [5, 5.41) is 2.40. The number of hydrogen-bond donors (Lipinski definition) is 0. The summed E-state index contributed by atoms with van der Waals surface area (Å²) in [7, 11) is -0.449. The lowest BCUT2D eigenvalue weighted by molar-refractivity contribution is 0.00578. The van der Waals surface area contributed by atoms with Gasteiger partial charge in [0.25, 0.3) is 0 Å². The second-order valence-electron chi connectivity index (χ2n) is 13.0. The molecule has 0 N–H and O–H groups in total. The Morgan fingerprint density at radius 1 is 0.732 bits per heavy atom. The number of rotatable bonds is 1. The second-order valence-corrected chi connectivity index (χ2v) is 13.0. The highest BCUT2D eigenvalue weighted by atomic mass is 16.7. The molecule has 0 amide bonds. The predicted molar refractivity (Wildman–Crippen MR) is 166 cm³/mol. The minimum absolute atomic E-state index is 0.243. The van der Waals surface area contributed by atoms with Crippen molar-refractivity contribution in [3.63, 3.8) is 0 Å². The van der Waals surface area contributed by atoms with Crippen molar-refractivity contribution in [3.05, 3.63) is 119 Å². The molecule has 4 aliphatic rings. The number of para-hydroxylation sites is 1. The fraction of sp³-hybridized carbons (Fsp3) is 0.243. The van der Waals surface area contributed by atoms with E-state index in [0.717, 1.165) is 23.0 Å². The fourth-order valence-corrected chi connectivity index (χ4v) is 8.17. The van der Waals surface area contributed by atoms with Crippen LogP contribution in [0.3, 0.4) is 0 Å². The van der Waals surface area contributed by atoms with Crippen LogP contribution in [0.4, 0.5) is 0 Å². The molecule has 0 bridgehead atoms. The van der Waals surface area contributed by atoms with Crippen LogP contribution in [0.5, 0.6) is 0 Å². The first-order chi connectivity index (χ1) is 19.8. The van der Waals surface area contributed by atoms with E-state index in [4.69, 9.17) is 13.7 Å². The largest absolute Gasteiger partial charge is 0.495 e. The van der Waals surface area contributed by atoms with Crippen LogP contribution < -0.4 is 5.46 Å². The van der Waals surface area contributed by atoms with Crippen molar-refractivity contribution in [1.29, 1.82) is 0 Å².